The van der Waals surface area contributed by atoms with Gasteiger partial charge >= 0.3 is 0 Å². The standard InChI is InChI=1S/C15H24N2O2S/c16-12-14-7-4-8-15(11-14)20(18,19)17-10-9-13-5-2-1-3-6-13/h4,7-8,11,13,17H,1-3,5-6,9-10,12,16H2. The van der Waals surface area contributed by atoms with E-state index in [1.165, 1.54) is 32.1 Å². The van der Waals surface area contributed by atoms with Gasteiger partial charge in [0.15, 0.2) is 0 Å². The van der Waals surface area contributed by atoms with Crippen LogP contribution in [0, 0.1) is 5.92 Å². The lowest BCUT2D eigenvalue weighted by Gasteiger charge is -2.21. The summed E-state index contributed by atoms with van der Waals surface area (Å²) in [5, 5.41) is 0. The Labute approximate surface area is 121 Å². The molecule has 1 aromatic rings. The summed E-state index contributed by atoms with van der Waals surface area (Å²) in [5.74, 6) is 0.682. The van der Waals surface area contributed by atoms with Crippen LogP contribution in [0.15, 0.2) is 29.2 Å². The summed E-state index contributed by atoms with van der Waals surface area (Å²) in [4.78, 5) is 0.309. The van der Waals surface area contributed by atoms with Crippen LogP contribution in [0.25, 0.3) is 0 Å². The molecule has 4 nitrogen and oxygen atoms in total. The Morgan fingerprint density at radius 2 is 1.95 bits per heavy atom. The normalized spacial score (nSPS) is 17.2. The Morgan fingerprint density at radius 3 is 2.65 bits per heavy atom. The Hall–Kier alpha value is -0.910. The Kier molecular flexibility index (Phi) is 5.57. The van der Waals surface area contributed by atoms with Crippen molar-refractivity contribution in [3.63, 3.8) is 0 Å². The van der Waals surface area contributed by atoms with Gasteiger partial charge in [-0.3, -0.25) is 0 Å². The minimum Gasteiger partial charge on any atom is -0.326 e. The molecule has 0 aromatic heterocycles. The molecular weight excluding hydrogens is 272 g/mol. The monoisotopic (exact) mass is 296 g/mol. The minimum atomic E-state index is -3.40. The Morgan fingerprint density at radius 1 is 1.20 bits per heavy atom. The summed E-state index contributed by atoms with van der Waals surface area (Å²) in [6, 6.07) is 6.82. The smallest absolute Gasteiger partial charge is 0.240 e. The van der Waals surface area contributed by atoms with E-state index in [-0.39, 0.29) is 0 Å². The zero-order valence-electron chi connectivity index (χ0n) is 11.8. The van der Waals surface area contributed by atoms with E-state index < -0.39 is 10.0 Å². The van der Waals surface area contributed by atoms with Gasteiger partial charge in [0.2, 0.25) is 10.0 Å². The van der Waals surface area contributed by atoms with Gasteiger partial charge < -0.3 is 5.73 Å². The first-order valence-corrected chi connectivity index (χ1v) is 8.89. The maximum atomic E-state index is 12.2. The predicted octanol–water partition coefficient (Wildman–Crippen LogP) is 2.39. The lowest BCUT2D eigenvalue weighted by atomic mass is 9.87. The molecule has 0 heterocycles. The molecule has 0 aliphatic heterocycles. The highest BCUT2D eigenvalue weighted by molar-refractivity contribution is 7.89. The molecule has 1 aliphatic rings. The van der Waals surface area contributed by atoms with Crippen molar-refractivity contribution >= 4 is 10.0 Å². The fourth-order valence-electron chi connectivity index (χ4n) is 2.80. The van der Waals surface area contributed by atoms with E-state index in [4.69, 9.17) is 5.73 Å². The first kappa shape index (κ1) is 15.5. The third-order valence-electron chi connectivity index (χ3n) is 4.01. The molecule has 3 N–H and O–H groups in total. The van der Waals surface area contributed by atoms with Crippen LogP contribution in [-0.4, -0.2) is 15.0 Å². The van der Waals surface area contributed by atoms with Gasteiger partial charge in [-0.2, -0.15) is 0 Å². The van der Waals surface area contributed by atoms with Gasteiger partial charge in [-0.25, -0.2) is 13.1 Å². The SMILES string of the molecule is NCc1cccc(S(=O)(=O)NCCC2CCCCC2)c1. The van der Waals surface area contributed by atoms with Gasteiger partial charge in [0.1, 0.15) is 0 Å². The zero-order valence-corrected chi connectivity index (χ0v) is 12.7. The molecule has 2 rings (SSSR count). The van der Waals surface area contributed by atoms with E-state index in [0.29, 0.717) is 23.9 Å². The van der Waals surface area contributed by atoms with Gasteiger partial charge in [-0.05, 0) is 30.0 Å². The van der Waals surface area contributed by atoms with Crippen molar-refractivity contribution in [1.82, 2.24) is 4.72 Å². The fraction of sp³-hybridized carbons (Fsp3) is 0.600. The van der Waals surface area contributed by atoms with E-state index in [0.717, 1.165) is 12.0 Å². The van der Waals surface area contributed by atoms with Crippen LogP contribution in [0.1, 0.15) is 44.1 Å². The van der Waals surface area contributed by atoms with Crippen LogP contribution in [0.2, 0.25) is 0 Å². The van der Waals surface area contributed by atoms with Gasteiger partial charge in [-0.1, -0.05) is 44.2 Å². The van der Waals surface area contributed by atoms with Gasteiger partial charge in [-0.15, -0.1) is 0 Å². The molecule has 5 heteroatoms. The molecular formula is C15H24N2O2S. The third-order valence-corrected chi connectivity index (χ3v) is 5.47. The molecule has 0 spiro atoms. The van der Waals surface area contributed by atoms with Crippen LogP contribution < -0.4 is 10.5 Å². The lowest BCUT2D eigenvalue weighted by molar-refractivity contribution is 0.339. The van der Waals surface area contributed by atoms with Crippen molar-refractivity contribution in [2.24, 2.45) is 11.7 Å². The van der Waals surface area contributed by atoms with Crippen molar-refractivity contribution in [2.45, 2.75) is 50.0 Å². The van der Waals surface area contributed by atoms with E-state index >= 15 is 0 Å². The molecule has 20 heavy (non-hydrogen) atoms. The number of rotatable bonds is 6. The number of hydrogen-bond donors (Lipinski definition) is 2. The number of benzene rings is 1. The minimum absolute atomic E-state index is 0.309. The van der Waals surface area contributed by atoms with E-state index in [2.05, 4.69) is 4.72 Å². The number of nitrogens with two attached hydrogens (primary N) is 1. The molecule has 0 radical (unpaired) electrons. The highest BCUT2D eigenvalue weighted by Crippen LogP contribution is 2.25. The number of nitrogens with one attached hydrogen (secondary N) is 1. The zero-order chi connectivity index (χ0) is 14.4. The number of hydrogen-bond acceptors (Lipinski definition) is 3. The largest absolute Gasteiger partial charge is 0.326 e. The Balaban J connectivity index is 1.89. The van der Waals surface area contributed by atoms with Crippen LogP contribution in [0.5, 0.6) is 0 Å². The van der Waals surface area contributed by atoms with Crippen LogP contribution >= 0.6 is 0 Å². The van der Waals surface area contributed by atoms with Gasteiger partial charge in [0.25, 0.3) is 0 Å². The summed E-state index contributed by atoms with van der Waals surface area (Å²) < 4.78 is 27.1. The average molecular weight is 296 g/mol. The average Bonchev–Trinajstić information content (AvgIpc) is 2.48. The molecule has 1 aromatic carbocycles. The van der Waals surface area contributed by atoms with Crippen molar-refractivity contribution in [2.75, 3.05) is 6.54 Å². The third kappa shape index (κ3) is 4.30. The topological polar surface area (TPSA) is 72.2 Å². The lowest BCUT2D eigenvalue weighted by Crippen LogP contribution is -2.26. The molecule has 1 fully saturated rings. The second-order valence-electron chi connectivity index (χ2n) is 5.54. The quantitative estimate of drug-likeness (QED) is 0.846. The molecule has 0 atom stereocenters. The van der Waals surface area contributed by atoms with Crippen molar-refractivity contribution < 1.29 is 8.42 Å². The summed E-state index contributed by atoms with van der Waals surface area (Å²) in [6.07, 6.45) is 7.32. The highest BCUT2D eigenvalue weighted by atomic mass is 32.2. The Bertz CT molecular complexity index is 522. The van der Waals surface area contributed by atoms with Crippen molar-refractivity contribution in [1.29, 1.82) is 0 Å². The summed E-state index contributed by atoms with van der Waals surface area (Å²) in [6.45, 7) is 0.880. The predicted molar refractivity (Wildman–Crippen MR) is 80.7 cm³/mol. The van der Waals surface area contributed by atoms with Crippen LogP contribution in [0.4, 0.5) is 0 Å². The van der Waals surface area contributed by atoms with E-state index in [1.807, 2.05) is 6.07 Å². The summed E-state index contributed by atoms with van der Waals surface area (Å²) in [5.41, 5.74) is 6.38. The molecule has 0 bridgehead atoms. The first-order chi connectivity index (χ1) is 9.62. The molecule has 1 saturated carbocycles. The van der Waals surface area contributed by atoms with Gasteiger partial charge in [0.05, 0.1) is 4.90 Å². The summed E-state index contributed by atoms with van der Waals surface area (Å²) in [7, 11) is -3.40. The first-order valence-electron chi connectivity index (χ1n) is 7.40. The van der Waals surface area contributed by atoms with Crippen LogP contribution in [-0.2, 0) is 16.6 Å². The fourth-order valence-corrected chi connectivity index (χ4v) is 3.91. The van der Waals surface area contributed by atoms with E-state index in [1.54, 1.807) is 18.2 Å². The highest BCUT2D eigenvalue weighted by Gasteiger charge is 2.17. The molecule has 0 amide bonds. The second kappa shape index (κ2) is 7.20. The molecule has 0 unspecified atom stereocenters. The van der Waals surface area contributed by atoms with E-state index in [9.17, 15) is 8.42 Å². The maximum Gasteiger partial charge on any atom is 0.240 e. The number of sulfonamides is 1. The molecule has 1 aliphatic carbocycles. The second-order valence-corrected chi connectivity index (χ2v) is 7.31. The van der Waals surface area contributed by atoms with Crippen molar-refractivity contribution in [3.05, 3.63) is 29.8 Å². The summed E-state index contributed by atoms with van der Waals surface area (Å²) >= 11 is 0. The molecule has 0 saturated heterocycles. The van der Waals surface area contributed by atoms with Crippen LogP contribution in [0.3, 0.4) is 0 Å². The maximum absolute atomic E-state index is 12.2. The van der Waals surface area contributed by atoms with Gasteiger partial charge in [0, 0.05) is 13.1 Å². The molecule has 112 valence electrons. The van der Waals surface area contributed by atoms with Crippen molar-refractivity contribution in [3.8, 4) is 0 Å².